The quantitative estimate of drug-likeness (QED) is 0.486. The van der Waals surface area contributed by atoms with Gasteiger partial charge >= 0.3 is 5.97 Å². The summed E-state index contributed by atoms with van der Waals surface area (Å²) in [4.78, 5) is 24.6. The minimum atomic E-state index is -1.08. The molecule has 0 aliphatic rings. The number of esters is 1. The van der Waals surface area contributed by atoms with Crippen molar-refractivity contribution in [3.8, 4) is 22.3 Å². The number of hydrogen-bond acceptors (Lipinski definition) is 3. The maximum absolute atomic E-state index is 12.6. The van der Waals surface area contributed by atoms with Crippen LogP contribution in [-0.4, -0.2) is 24.0 Å². The SMILES string of the molecule is CCOC(=O)C(C)(C)NC(=O)Cc1cccc(-c2ccc(Cl)cc2-c2ccccc2)c1. The summed E-state index contributed by atoms with van der Waals surface area (Å²) in [6, 6.07) is 23.7. The molecule has 160 valence electrons. The first-order chi connectivity index (χ1) is 14.8. The van der Waals surface area contributed by atoms with Gasteiger partial charge in [0.15, 0.2) is 0 Å². The van der Waals surface area contributed by atoms with Gasteiger partial charge in [-0.1, -0.05) is 72.3 Å². The molecule has 3 rings (SSSR count). The van der Waals surface area contributed by atoms with Gasteiger partial charge in [-0.2, -0.15) is 0 Å². The molecule has 0 aliphatic heterocycles. The van der Waals surface area contributed by atoms with Gasteiger partial charge in [0, 0.05) is 5.02 Å². The first-order valence-electron chi connectivity index (χ1n) is 10.2. The van der Waals surface area contributed by atoms with Crippen LogP contribution in [0.3, 0.4) is 0 Å². The topological polar surface area (TPSA) is 55.4 Å². The third-order valence-electron chi connectivity index (χ3n) is 4.91. The predicted molar refractivity (Wildman–Crippen MR) is 125 cm³/mol. The molecule has 0 heterocycles. The molecule has 1 N–H and O–H groups in total. The molecule has 3 aromatic rings. The zero-order chi connectivity index (χ0) is 22.4. The Bertz CT molecular complexity index is 1080. The molecular formula is C26H26ClNO3. The summed E-state index contributed by atoms with van der Waals surface area (Å²) in [5.41, 5.74) is 3.89. The van der Waals surface area contributed by atoms with E-state index < -0.39 is 11.5 Å². The summed E-state index contributed by atoms with van der Waals surface area (Å²) < 4.78 is 5.04. The zero-order valence-corrected chi connectivity index (χ0v) is 18.7. The minimum Gasteiger partial charge on any atom is -0.464 e. The first-order valence-corrected chi connectivity index (χ1v) is 10.6. The molecule has 0 unspecified atom stereocenters. The van der Waals surface area contributed by atoms with Crippen molar-refractivity contribution in [1.82, 2.24) is 5.32 Å². The molecule has 0 atom stereocenters. The molecule has 1 amide bonds. The number of amides is 1. The second-order valence-corrected chi connectivity index (χ2v) is 8.26. The smallest absolute Gasteiger partial charge is 0.331 e. The number of benzene rings is 3. The summed E-state index contributed by atoms with van der Waals surface area (Å²) in [5.74, 6) is -0.694. The lowest BCUT2D eigenvalue weighted by Crippen LogP contribution is -2.51. The first kappa shape index (κ1) is 22.6. The molecule has 0 spiro atoms. The number of carbonyl (C=O) groups excluding carboxylic acids is 2. The Morgan fingerprint density at radius 1 is 0.903 bits per heavy atom. The normalized spacial score (nSPS) is 11.1. The molecule has 0 saturated carbocycles. The second-order valence-electron chi connectivity index (χ2n) is 7.83. The summed E-state index contributed by atoms with van der Waals surface area (Å²) >= 11 is 6.27. The van der Waals surface area contributed by atoms with Crippen LogP contribution in [0.25, 0.3) is 22.3 Å². The highest BCUT2D eigenvalue weighted by molar-refractivity contribution is 6.31. The molecule has 0 bridgehead atoms. The molecule has 0 radical (unpaired) electrons. The molecule has 0 aliphatic carbocycles. The Kier molecular flexibility index (Phi) is 7.13. The molecule has 4 nitrogen and oxygen atoms in total. The molecule has 3 aromatic carbocycles. The molecular weight excluding hydrogens is 410 g/mol. The van der Waals surface area contributed by atoms with Crippen LogP contribution < -0.4 is 5.32 Å². The van der Waals surface area contributed by atoms with Crippen molar-refractivity contribution in [2.75, 3.05) is 6.61 Å². The molecule has 0 saturated heterocycles. The van der Waals surface area contributed by atoms with Gasteiger partial charge in [-0.3, -0.25) is 4.79 Å². The van der Waals surface area contributed by atoms with E-state index in [0.29, 0.717) is 5.02 Å². The van der Waals surface area contributed by atoms with Crippen LogP contribution in [0.4, 0.5) is 0 Å². The standard InChI is InChI=1S/C26H26ClNO3/c1-4-31-25(30)26(2,3)28-24(29)16-18-9-8-12-20(15-18)22-14-13-21(27)17-23(22)19-10-6-5-7-11-19/h5-15,17H,4,16H2,1-3H3,(H,28,29). The van der Waals surface area contributed by atoms with Crippen LogP contribution in [0.5, 0.6) is 0 Å². The van der Waals surface area contributed by atoms with E-state index in [9.17, 15) is 9.59 Å². The highest BCUT2D eigenvalue weighted by Gasteiger charge is 2.30. The van der Waals surface area contributed by atoms with Crippen molar-refractivity contribution < 1.29 is 14.3 Å². The van der Waals surface area contributed by atoms with Crippen molar-refractivity contribution in [2.45, 2.75) is 32.7 Å². The molecule has 31 heavy (non-hydrogen) atoms. The van der Waals surface area contributed by atoms with Crippen LogP contribution in [0.2, 0.25) is 5.02 Å². The third kappa shape index (κ3) is 5.74. The Balaban J connectivity index is 1.85. The largest absolute Gasteiger partial charge is 0.464 e. The van der Waals surface area contributed by atoms with Crippen molar-refractivity contribution in [3.05, 3.63) is 83.4 Å². The number of ether oxygens (including phenoxy) is 1. The van der Waals surface area contributed by atoms with Gasteiger partial charge in [0.2, 0.25) is 5.91 Å². The Morgan fingerprint density at radius 3 is 2.32 bits per heavy atom. The highest BCUT2D eigenvalue weighted by Crippen LogP contribution is 2.34. The Labute approximate surface area is 188 Å². The fourth-order valence-electron chi connectivity index (χ4n) is 3.41. The third-order valence-corrected chi connectivity index (χ3v) is 5.14. The average molecular weight is 436 g/mol. The van der Waals surface area contributed by atoms with Gasteiger partial charge < -0.3 is 10.1 Å². The van der Waals surface area contributed by atoms with Crippen LogP contribution in [0.1, 0.15) is 26.3 Å². The number of carbonyl (C=O) groups is 2. The lowest BCUT2D eigenvalue weighted by molar-refractivity contribution is -0.151. The number of rotatable bonds is 7. The van der Waals surface area contributed by atoms with Gasteiger partial charge in [0.1, 0.15) is 5.54 Å². The summed E-state index contributed by atoms with van der Waals surface area (Å²) in [6.45, 7) is 5.28. The van der Waals surface area contributed by atoms with Crippen molar-refractivity contribution in [3.63, 3.8) is 0 Å². The fourth-order valence-corrected chi connectivity index (χ4v) is 3.59. The van der Waals surface area contributed by atoms with Crippen molar-refractivity contribution in [2.24, 2.45) is 0 Å². The van der Waals surface area contributed by atoms with E-state index in [1.807, 2.05) is 72.8 Å². The minimum absolute atomic E-state index is 0.158. The summed E-state index contributed by atoms with van der Waals surface area (Å²) in [7, 11) is 0. The zero-order valence-electron chi connectivity index (χ0n) is 17.9. The summed E-state index contributed by atoms with van der Waals surface area (Å²) in [5, 5.41) is 3.43. The van der Waals surface area contributed by atoms with Crippen LogP contribution in [-0.2, 0) is 20.7 Å². The van der Waals surface area contributed by atoms with Gasteiger partial charge in [0.25, 0.3) is 0 Å². The van der Waals surface area contributed by atoms with E-state index >= 15 is 0 Å². The van der Waals surface area contributed by atoms with Crippen LogP contribution in [0, 0.1) is 0 Å². The van der Waals surface area contributed by atoms with Crippen molar-refractivity contribution >= 4 is 23.5 Å². The maximum atomic E-state index is 12.6. The van der Waals surface area contributed by atoms with Gasteiger partial charge in [-0.05, 0) is 60.7 Å². The van der Waals surface area contributed by atoms with E-state index in [2.05, 4.69) is 5.32 Å². The Hall–Kier alpha value is -3.11. The van der Waals surface area contributed by atoms with E-state index in [0.717, 1.165) is 27.8 Å². The van der Waals surface area contributed by atoms with Crippen LogP contribution >= 0.6 is 11.6 Å². The van der Waals surface area contributed by atoms with E-state index in [-0.39, 0.29) is 18.9 Å². The molecule has 0 fully saturated rings. The lowest BCUT2D eigenvalue weighted by Gasteiger charge is -2.23. The molecule has 5 heteroatoms. The number of nitrogens with one attached hydrogen (secondary N) is 1. The predicted octanol–water partition coefficient (Wildman–Crippen LogP) is 5.67. The summed E-state index contributed by atoms with van der Waals surface area (Å²) in [6.07, 6.45) is 0.158. The lowest BCUT2D eigenvalue weighted by atomic mass is 9.93. The maximum Gasteiger partial charge on any atom is 0.331 e. The van der Waals surface area contributed by atoms with Gasteiger partial charge in [-0.25, -0.2) is 4.79 Å². The number of halogens is 1. The fraction of sp³-hybridized carbons (Fsp3) is 0.231. The van der Waals surface area contributed by atoms with Crippen LogP contribution in [0.15, 0.2) is 72.8 Å². The Morgan fingerprint density at radius 2 is 1.61 bits per heavy atom. The highest BCUT2D eigenvalue weighted by atomic mass is 35.5. The molecule has 0 aromatic heterocycles. The van der Waals surface area contributed by atoms with Crippen molar-refractivity contribution in [1.29, 1.82) is 0 Å². The van der Waals surface area contributed by atoms with Gasteiger partial charge in [0.05, 0.1) is 13.0 Å². The van der Waals surface area contributed by atoms with E-state index in [4.69, 9.17) is 16.3 Å². The van der Waals surface area contributed by atoms with E-state index in [1.165, 1.54) is 0 Å². The average Bonchev–Trinajstić information content (AvgIpc) is 2.74. The monoisotopic (exact) mass is 435 g/mol. The number of hydrogen-bond donors (Lipinski definition) is 1. The van der Waals surface area contributed by atoms with Gasteiger partial charge in [-0.15, -0.1) is 0 Å². The second kappa shape index (κ2) is 9.80. The van der Waals surface area contributed by atoms with E-state index in [1.54, 1.807) is 20.8 Å².